The quantitative estimate of drug-likeness (QED) is 0.569. The van der Waals surface area contributed by atoms with E-state index in [-0.39, 0.29) is 23.5 Å². The highest BCUT2D eigenvalue weighted by atomic mass is 32.2. The van der Waals surface area contributed by atoms with Crippen LogP contribution in [0.15, 0.2) is 0 Å². The Morgan fingerprint density at radius 2 is 2.17 bits per heavy atom. The van der Waals surface area contributed by atoms with Gasteiger partial charge in [-0.2, -0.15) is 11.8 Å². The monoisotopic (exact) mass is 192 g/mol. The summed E-state index contributed by atoms with van der Waals surface area (Å²) in [4.78, 5) is 21.5. The zero-order chi connectivity index (χ0) is 8.27. The third-order valence-corrected chi connectivity index (χ3v) is 2.11. The molecule has 0 aromatic carbocycles. The fourth-order valence-corrected chi connectivity index (χ4v) is 1.37. The van der Waals surface area contributed by atoms with Gasteiger partial charge in [-0.25, -0.2) is 4.79 Å². The molecule has 0 saturated carbocycles. The molecule has 12 heavy (non-hydrogen) atoms. The Morgan fingerprint density at radius 3 is 2.58 bits per heavy atom. The van der Waals surface area contributed by atoms with Gasteiger partial charge in [0.25, 0.3) is 5.91 Å². The number of hydrogen-bond acceptors (Lipinski definition) is 3. The van der Waals surface area contributed by atoms with Crippen molar-refractivity contribution in [2.24, 2.45) is 0 Å². The Balaban J connectivity index is 0.00000121. The van der Waals surface area contributed by atoms with Crippen molar-refractivity contribution in [1.82, 2.24) is 10.6 Å². The first-order chi connectivity index (χ1) is 5.24. The minimum atomic E-state index is -0.374. The first kappa shape index (κ1) is 11.2. The Kier molecular flexibility index (Phi) is 4.68. The van der Waals surface area contributed by atoms with Crippen LogP contribution in [0.25, 0.3) is 0 Å². The summed E-state index contributed by atoms with van der Waals surface area (Å²) in [5.41, 5.74) is 0. The molecule has 1 fully saturated rings. The average molecular weight is 192 g/mol. The smallest absolute Gasteiger partial charge is 0.322 e. The summed E-state index contributed by atoms with van der Waals surface area (Å²) < 4.78 is 0. The van der Waals surface area contributed by atoms with E-state index in [4.69, 9.17) is 0 Å². The van der Waals surface area contributed by atoms with E-state index in [2.05, 4.69) is 10.6 Å². The summed E-state index contributed by atoms with van der Waals surface area (Å²) in [6.07, 6.45) is 2.67. The molecule has 0 radical (unpaired) electrons. The van der Waals surface area contributed by atoms with Crippen LogP contribution in [0.5, 0.6) is 0 Å². The van der Waals surface area contributed by atoms with E-state index in [1.807, 2.05) is 6.26 Å². The molecule has 0 bridgehead atoms. The number of carbonyl (C=O) groups is 2. The van der Waals surface area contributed by atoms with Crippen molar-refractivity contribution in [3.8, 4) is 0 Å². The van der Waals surface area contributed by atoms with Crippen molar-refractivity contribution < 1.29 is 15.1 Å². The van der Waals surface area contributed by atoms with Gasteiger partial charge in [0.05, 0.1) is 0 Å². The van der Waals surface area contributed by atoms with Gasteiger partial charge in [-0.3, -0.25) is 10.1 Å². The van der Waals surface area contributed by atoms with Crippen LogP contribution < -0.4 is 10.6 Å². The molecule has 1 aliphatic heterocycles. The highest BCUT2D eigenvalue weighted by Gasteiger charge is 2.28. The molecule has 4 N–H and O–H groups in total. The number of rotatable bonds is 3. The van der Waals surface area contributed by atoms with E-state index in [1.54, 1.807) is 11.8 Å². The highest BCUT2D eigenvalue weighted by molar-refractivity contribution is 7.98. The van der Waals surface area contributed by atoms with Gasteiger partial charge in [-0.15, -0.1) is 0 Å². The van der Waals surface area contributed by atoms with E-state index < -0.39 is 0 Å². The molecule has 0 spiro atoms. The number of nitrogens with one attached hydrogen (secondary N) is 2. The minimum Gasteiger partial charge on any atom is -0.412 e. The first-order valence-electron chi connectivity index (χ1n) is 3.34. The Morgan fingerprint density at radius 1 is 1.50 bits per heavy atom. The molecule has 5 nitrogen and oxygen atoms in total. The predicted molar refractivity (Wildman–Crippen MR) is 47.1 cm³/mol. The maximum atomic E-state index is 10.9. The van der Waals surface area contributed by atoms with Crippen LogP contribution in [0.4, 0.5) is 4.79 Å². The molecular weight excluding hydrogens is 180 g/mol. The predicted octanol–water partition coefficient (Wildman–Crippen LogP) is -0.877. The maximum absolute atomic E-state index is 10.9. The second-order valence-electron chi connectivity index (χ2n) is 2.30. The summed E-state index contributed by atoms with van der Waals surface area (Å²) in [5.74, 6) is 0.683. The number of thioether (sulfide) groups is 1. The second-order valence-corrected chi connectivity index (χ2v) is 3.28. The Labute approximate surface area is 74.6 Å². The molecule has 1 saturated heterocycles. The number of imide groups is 1. The maximum Gasteiger partial charge on any atom is 0.322 e. The Hall–Kier alpha value is -0.750. The minimum absolute atomic E-state index is 0. The SMILES string of the molecule is CSCCC1NC(=O)NC1=O.O. The molecule has 70 valence electrons. The summed E-state index contributed by atoms with van der Waals surface area (Å²) >= 11 is 1.66. The van der Waals surface area contributed by atoms with Crippen molar-refractivity contribution in [3.63, 3.8) is 0 Å². The fraction of sp³-hybridized carbons (Fsp3) is 0.667. The van der Waals surface area contributed by atoms with Crippen LogP contribution in [0.2, 0.25) is 0 Å². The van der Waals surface area contributed by atoms with Gasteiger partial charge in [-0.1, -0.05) is 0 Å². The van der Waals surface area contributed by atoms with Crippen molar-refractivity contribution in [2.75, 3.05) is 12.0 Å². The van der Waals surface area contributed by atoms with Crippen molar-refractivity contribution in [2.45, 2.75) is 12.5 Å². The van der Waals surface area contributed by atoms with Gasteiger partial charge in [0.2, 0.25) is 0 Å². The van der Waals surface area contributed by atoms with E-state index in [1.165, 1.54) is 0 Å². The summed E-state index contributed by atoms with van der Waals surface area (Å²) in [5, 5.41) is 4.70. The lowest BCUT2D eigenvalue weighted by Gasteiger charge is -2.03. The number of urea groups is 1. The van der Waals surface area contributed by atoms with Gasteiger partial charge >= 0.3 is 6.03 Å². The average Bonchev–Trinajstić information content (AvgIpc) is 2.26. The zero-order valence-corrected chi connectivity index (χ0v) is 7.53. The van der Waals surface area contributed by atoms with E-state index in [0.29, 0.717) is 6.42 Å². The van der Waals surface area contributed by atoms with Gasteiger partial charge in [0.15, 0.2) is 0 Å². The van der Waals surface area contributed by atoms with Crippen molar-refractivity contribution in [3.05, 3.63) is 0 Å². The van der Waals surface area contributed by atoms with Crippen LogP contribution in [-0.2, 0) is 4.79 Å². The van der Waals surface area contributed by atoms with Gasteiger partial charge in [-0.05, 0) is 18.4 Å². The fourth-order valence-electron chi connectivity index (χ4n) is 0.898. The molecule has 0 aromatic rings. The molecule has 1 heterocycles. The van der Waals surface area contributed by atoms with Crippen molar-refractivity contribution >= 4 is 23.7 Å². The molecule has 0 aromatic heterocycles. The van der Waals surface area contributed by atoms with E-state index in [9.17, 15) is 9.59 Å². The van der Waals surface area contributed by atoms with Gasteiger partial charge in [0.1, 0.15) is 6.04 Å². The lowest BCUT2D eigenvalue weighted by atomic mass is 10.2. The molecule has 1 atom stereocenters. The molecule has 1 rings (SSSR count). The number of carbonyl (C=O) groups excluding carboxylic acids is 2. The molecular formula is C6H12N2O3S. The first-order valence-corrected chi connectivity index (χ1v) is 4.73. The zero-order valence-electron chi connectivity index (χ0n) is 6.72. The topological polar surface area (TPSA) is 89.7 Å². The van der Waals surface area contributed by atoms with Crippen LogP contribution >= 0.6 is 11.8 Å². The van der Waals surface area contributed by atoms with Crippen LogP contribution in [0.1, 0.15) is 6.42 Å². The number of hydrogen-bond donors (Lipinski definition) is 2. The van der Waals surface area contributed by atoms with Crippen molar-refractivity contribution in [1.29, 1.82) is 0 Å². The normalized spacial score (nSPS) is 21.2. The summed E-state index contributed by atoms with van der Waals surface area (Å²) in [6, 6.07) is -0.684. The van der Waals surface area contributed by atoms with Gasteiger partial charge in [0, 0.05) is 0 Å². The lowest BCUT2D eigenvalue weighted by molar-refractivity contribution is -0.120. The largest absolute Gasteiger partial charge is 0.412 e. The summed E-state index contributed by atoms with van der Waals surface area (Å²) in [6.45, 7) is 0. The van der Waals surface area contributed by atoms with Crippen LogP contribution in [0.3, 0.4) is 0 Å². The Bertz CT molecular complexity index is 186. The lowest BCUT2D eigenvalue weighted by Crippen LogP contribution is -2.29. The standard InChI is InChI=1S/C6H10N2O2S.H2O/c1-11-3-2-4-5(9)8-6(10)7-4;/h4H,2-3H2,1H3,(H2,7,8,9,10);1H2. The van der Waals surface area contributed by atoms with E-state index >= 15 is 0 Å². The third kappa shape index (κ3) is 2.71. The molecule has 3 amide bonds. The molecule has 0 aliphatic carbocycles. The van der Waals surface area contributed by atoms with Crippen LogP contribution in [-0.4, -0.2) is 35.5 Å². The van der Waals surface area contributed by atoms with E-state index in [0.717, 1.165) is 5.75 Å². The van der Waals surface area contributed by atoms with Crippen LogP contribution in [0, 0.1) is 0 Å². The molecule has 1 aliphatic rings. The molecule has 1 unspecified atom stereocenters. The number of amides is 3. The highest BCUT2D eigenvalue weighted by Crippen LogP contribution is 2.03. The second kappa shape index (κ2) is 5.00. The van der Waals surface area contributed by atoms with Gasteiger partial charge < -0.3 is 10.8 Å². The third-order valence-electron chi connectivity index (χ3n) is 1.47. The summed E-state index contributed by atoms with van der Waals surface area (Å²) in [7, 11) is 0. The molecule has 6 heteroatoms.